The number of rotatable bonds is 4. The van der Waals surface area contributed by atoms with Gasteiger partial charge in [0.2, 0.25) is 5.91 Å². The van der Waals surface area contributed by atoms with Crippen LogP contribution in [0.5, 0.6) is 0 Å². The van der Waals surface area contributed by atoms with Gasteiger partial charge in [0.05, 0.1) is 18.4 Å². The largest absolute Gasteiger partial charge is 0.345 e. The lowest BCUT2D eigenvalue weighted by atomic mass is 10.2. The molecule has 0 spiro atoms. The van der Waals surface area contributed by atoms with Gasteiger partial charge in [0.25, 0.3) is 5.89 Å². The first-order chi connectivity index (χ1) is 13.0. The number of hydrogen-bond acceptors (Lipinski definition) is 7. The van der Waals surface area contributed by atoms with E-state index in [4.69, 9.17) is 4.52 Å². The molecule has 0 unspecified atom stereocenters. The van der Waals surface area contributed by atoms with Crippen molar-refractivity contribution in [2.75, 3.05) is 29.4 Å². The predicted molar refractivity (Wildman–Crippen MR) is 99.4 cm³/mol. The molecule has 0 bridgehead atoms. The summed E-state index contributed by atoms with van der Waals surface area (Å²) in [5, 5.41) is 8.14. The summed E-state index contributed by atoms with van der Waals surface area (Å²) in [7, 11) is 1.84. The highest BCUT2D eigenvalue weighted by Gasteiger charge is 2.27. The van der Waals surface area contributed by atoms with Crippen LogP contribution in [0.1, 0.15) is 25.6 Å². The minimum Gasteiger partial charge on any atom is -0.345 e. The molecule has 140 valence electrons. The number of anilines is 2. The van der Waals surface area contributed by atoms with Crippen molar-refractivity contribution in [3.8, 4) is 11.5 Å². The minimum absolute atomic E-state index is 0.0151. The zero-order valence-corrected chi connectivity index (χ0v) is 15.5. The molecule has 0 atom stereocenters. The predicted octanol–water partition coefficient (Wildman–Crippen LogP) is 1.84. The van der Waals surface area contributed by atoms with Crippen molar-refractivity contribution >= 4 is 17.4 Å². The number of aromatic nitrogens is 5. The number of carbonyl (C=O) groups excluding carboxylic acids is 1. The average Bonchev–Trinajstić information content (AvgIpc) is 3.31. The normalized spacial score (nSPS) is 15.0. The van der Waals surface area contributed by atoms with E-state index in [1.807, 2.05) is 44.1 Å². The minimum atomic E-state index is 0.0151. The first-order valence-corrected chi connectivity index (χ1v) is 8.85. The monoisotopic (exact) mass is 367 g/mol. The first kappa shape index (κ1) is 17.2. The van der Waals surface area contributed by atoms with E-state index in [1.54, 1.807) is 22.0 Å². The fourth-order valence-corrected chi connectivity index (χ4v) is 3.00. The lowest BCUT2D eigenvalue weighted by Crippen LogP contribution is -2.50. The molecule has 0 radical (unpaired) electrons. The Kier molecular flexibility index (Phi) is 4.35. The Hall–Kier alpha value is -3.23. The van der Waals surface area contributed by atoms with Crippen LogP contribution in [0, 0.1) is 0 Å². The molecule has 4 heterocycles. The molecule has 0 N–H and O–H groups in total. The zero-order valence-electron chi connectivity index (χ0n) is 15.5. The highest BCUT2D eigenvalue weighted by atomic mass is 16.5. The highest BCUT2D eigenvalue weighted by molar-refractivity contribution is 5.97. The standard InChI is InChI=1S/C18H21N7O2/c1-12(2)17-21-18(27-22-17)13-4-5-19-15(8-13)24-6-7-25(16(26)11-24)14-9-20-23(3)10-14/h4-5,8-10,12H,6-7,11H2,1-3H3. The summed E-state index contributed by atoms with van der Waals surface area (Å²) in [6, 6.07) is 3.71. The van der Waals surface area contributed by atoms with Crippen molar-refractivity contribution in [1.29, 1.82) is 0 Å². The van der Waals surface area contributed by atoms with E-state index < -0.39 is 0 Å². The number of carbonyl (C=O) groups is 1. The lowest BCUT2D eigenvalue weighted by molar-refractivity contribution is -0.117. The van der Waals surface area contributed by atoms with E-state index in [2.05, 4.69) is 20.2 Å². The third kappa shape index (κ3) is 3.40. The third-order valence-corrected chi connectivity index (χ3v) is 4.50. The van der Waals surface area contributed by atoms with Gasteiger partial charge in [0.15, 0.2) is 5.82 Å². The molecule has 1 aliphatic heterocycles. The Morgan fingerprint density at radius 2 is 2.11 bits per heavy atom. The maximum Gasteiger partial charge on any atom is 0.258 e. The van der Waals surface area contributed by atoms with Gasteiger partial charge < -0.3 is 14.3 Å². The van der Waals surface area contributed by atoms with Crippen LogP contribution in [-0.4, -0.2) is 50.4 Å². The summed E-state index contributed by atoms with van der Waals surface area (Å²) in [6.45, 7) is 5.54. The van der Waals surface area contributed by atoms with E-state index in [1.165, 1.54) is 0 Å². The van der Waals surface area contributed by atoms with Gasteiger partial charge >= 0.3 is 0 Å². The van der Waals surface area contributed by atoms with Gasteiger partial charge in [-0.3, -0.25) is 9.48 Å². The SMILES string of the molecule is CC(C)c1noc(-c2ccnc(N3CCN(c4cnn(C)c4)C(=O)C3)c2)n1. The molecule has 9 nitrogen and oxygen atoms in total. The van der Waals surface area contributed by atoms with E-state index in [0.29, 0.717) is 24.8 Å². The number of pyridine rings is 1. The molecule has 0 aromatic carbocycles. The average molecular weight is 367 g/mol. The highest BCUT2D eigenvalue weighted by Crippen LogP contribution is 2.25. The lowest BCUT2D eigenvalue weighted by Gasteiger charge is -2.34. The van der Waals surface area contributed by atoms with Crippen LogP contribution >= 0.6 is 0 Å². The Morgan fingerprint density at radius 1 is 1.26 bits per heavy atom. The van der Waals surface area contributed by atoms with Crippen molar-refractivity contribution in [2.45, 2.75) is 19.8 Å². The maximum atomic E-state index is 12.6. The third-order valence-electron chi connectivity index (χ3n) is 4.50. The van der Waals surface area contributed by atoms with E-state index in [-0.39, 0.29) is 18.4 Å². The van der Waals surface area contributed by atoms with Crippen molar-refractivity contribution in [2.24, 2.45) is 7.05 Å². The summed E-state index contributed by atoms with van der Waals surface area (Å²) in [6.07, 6.45) is 5.24. The molecule has 3 aromatic rings. The van der Waals surface area contributed by atoms with Gasteiger partial charge in [0.1, 0.15) is 5.82 Å². The van der Waals surface area contributed by atoms with Gasteiger partial charge in [-0.05, 0) is 12.1 Å². The summed E-state index contributed by atoms with van der Waals surface area (Å²) < 4.78 is 7.05. The molecule has 4 rings (SSSR count). The van der Waals surface area contributed by atoms with Crippen molar-refractivity contribution in [3.05, 3.63) is 36.5 Å². The molecule has 0 saturated carbocycles. The Morgan fingerprint density at radius 3 is 2.78 bits per heavy atom. The van der Waals surface area contributed by atoms with Crippen LogP contribution in [0.15, 0.2) is 35.2 Å². The maximum absolute atomic E-state index is 12.6. The number of aryl methyl sites for hydroxylation is 1. The number of piperazine rings is 1. The number of nitrogens with zero attached hydrogens (tertiary/aromatic N) is 7. The van der Waals surface area contributed by atoms with Crippen LogP contribution in [0.25, 0.3) is 11.5 Å². The van der Waals surface area contributed by atoms with Crippen LogP contribution in [0.2, 0.25) is 0 Å². The second-order valence-corrected chi connectivity index (χ2v) is 6.85. The fraction of sp³-hybridized carbons (Fsp3) is 0.389. The van der Waals surface area contributed by atoms with E-state index >= 15 is 0 Å². The Labute approximate surface area is 156 Å². The van der Waals surface area contributed by atoms with Gasteiger partial charge in [-0.15, -0.1) is 0 Å². The molecule has 0 aliphatic carbocycles. The van der Waals surface area contributed by atoms with Crippen LogP contribution in [0.4, 0.5) is 11.5 Å². The topological polar surface area (TPSA) is 93.2 Å². The molecular weight excluding hydrogens is 346 g/mol. The van der Waals surface area contributed by atoms with Crippen LogP contribution in [-0.2, 0) is 11.8 Å². The van der Waals surface area contributed by atoms with Crippen LogP contribution < -0.4 is 9.80 Å². The second kappa shape index (κ2) is 6.82. The molecule has 27 heavy (non-hydrogen) atoms. The molecule has 1 amide bonds. The molecular formula is C18H21N7O2. The van der Waals surface area contributed by atoms with E-state index in [0.717, 1.165) is 17.1 Å². The zero-order chi connectivity index (χ0) is 19.0. The van der Waals surface area contributed by atoms with Crippen molar-refractivity contribution in [1.82, 2.24) is 24.9 Å². The van der Waals surface area contributed by atoms with Gasteiger partial charge in [-0.1, -0.05) is 19.0 Å². The van der Waals surface area contributed by atoms with Gasteiger partial charge in [-0.25, -0.2) is 4.98 Å². The van der Waals surface area contributed by atoms with Gasteiger partial charge in [0, 0.05) is 44.0 Å². The number of hydrogen-bond donors (Lipinski definition) is 0. The van der Waals surface area contributed by atoms with Crippen LogP contribution in [0.3, 0.4) is 0 Å². The number of amides is 1. The van der Waals surface area contributed by atoms with Crippen molar-refractivity contribution < 1.29 is 9.32 Å². The molecule has 3 aromatic heterocycles. The van der Waals surface area contributed by atoms with E-state index in [9.17, 15) is 4.79 Å². The second-order valence-electron chi connectivity index (χ2n) is 6.85. The van der Waals surface area contributed by atoms with Crippen molar-refractivity contribution in [3.63, 3.8) is 0 Å². The summed E-state index contributed by atoms with van der Waals surface area (Å²) in [5.41, 5.74) is 1.61. The summed E-state index contributed by atoms with van der Waals surface area (Å²) in [4.78, 5) is 25.1. The quantitative estimate of drug-likeness (QED) is 0.694. The van der Waals surface area contributed by atoms with Gasteiger partial charge in [-0.2, -0.15) is 10.1 Å². The molecule has 1 fully saturated rings. The molecule has 1 saturated heterocycles. The molecule has 1 aliphatic rings. The Bertz CT molecular complexity index is 962. The first-order valence-electron chi connectivity index (χ1n) is 8.85. The fourth-order valence-electron chi connectivity index (χ4n) is 3.00. The summed E-state index contributed by atoms with van der Waals surface area (Å²) in [5.74, 6) is 2.06. The summed E-state index contributed by atoms with van der Waals surface area (Å²) >= 11 is 0. The smallest absolute Gasteiger partial charge is 0.258 e. The Balaban J connectivity index is 1.52. The molecule has 9 heteroatoms.